The van der Waals surface area contributed by atoms with Gasteiger partial charge in [0.2, 0.25) is 0 Å². The molecule has 0 radical (unpaired) electrons. The zero-order chi connectivity index (χ0) is 29.5. The first kappa shape index (κ1) is 29.6. The van der Waals surface area contributed by atoms with Gasteiger partial charge in [-0.05, 0) is 114 Å². The molecule has 224 valence electrons. The number of nitrogens with one attached hydrogen (secondary N) is 3. The van der Waals surface area contributed by atoms with Crippen molar-refractivity contribution in [3.63, 3.8) is 0 Å². The van der Waals surface area contributed by atoms with Crippen LogP contribution in [0.3, 0.4) is 0 Å². The van der Waals surface area contributed by atoms with E-state index >= 15 is 0 Å². The number of carbonyl (C=O) groups excluding carboxylic acids is 2. The lowest BCUT2D eigenvalue weighted by Crippen LogP contribution is -2.27. The highest BCUT2D eigenvalue weighted by atomic mass is 16.6. The molecule has 2 fully saturated rings. The van der Waals surface area contributed by atoms with Gasteiger partial charge in [-0.25, -0.2) is 9.59 Å². The quantitative estimate of drug-likeness (QED) is 0.268. The highest BCUT2D eigenvalue weighted by molar-refractivity contribution is 5.96. The van der Waals surface area contributed by atoms with Crippen LogP contribution in [-0.4, -0.2) is 84.7 Å². The van der Waals surface area contributed by atoms with Gasteiger partial charge in [0, 0.05) is 28.8 Å². The number of amides is 2. The van der Waals surface area contributed by atoms with Crippen molar-refractivity contribution in [2.24, 2.45) is 0 Å². The molecule has 1 aromatic heterocycles. The first-order valence-electron chi connectivity index (χ1n) is 14.9. The van der Waals surface area contributed by atoms with Crippen molar-refractivity contribution in [2.75, 3.05) is 51.0 Å². The van der Waals surface area contributed by atoms with Crippen LogP contribution < -0.4 is 10.6 Å². The van der Waals surface area contributed by atoms with Crippen LogP contribution in [0.5, 0.6) is 0 Å². The van der Waals surface area contributed by atoms with E-state index in [2.05, 4.69) is 44.7 Å². The summed E-state index contributed by atoms with van der Waals surface area (Å²) in [4.78, 5) is 29.5. The molecule has 2 amide bonds. The Hall–Kier alpha value is -3.89. The number of nitrogens with zero attached hydrogens (tertiary/aromatic N) is 3. The van der Waals surface area contributed by atoms with Gasteiger partial charge in [-0.15, -0.1) is 0 Å². The molecule has 2 aliphatic rings. The third-order valence-corrected chi connectivity index (χ3v) is 8.45. The molecule has 10 heteroatoms. The molecule has 0 saturated carbocycles. The van der Waals surface area contributed by atoms with E-state index in [1.54, 1.807) is 0 Å². The minimum atomic E-state index is -0.451. The smallest absolute Gasteiger partial charge is 0.411 e. The van der Waals surface area contributed by atoms with E-state index in [4.69, 9.17) is 9.47 Å². The number of carbonyl (C=O) groups is 2. The van der Waals surface area contributed by atoms with Crippen LogP contribution in [0.4, 0.5) is 21.0 Å². The molecule has 3 aromatic rings. The van der Waals surface area contributed by atoms with E-state index in [-0.39, 0.29) is 0 Å². The molecule has 5 rings (SSSR count). The summed E-state index contributed by atoms with van der Waals surface area (Å²) in [5, 5.41) is 14.1. The summed E-state index contributed by atoms with van der Waals surface area (Å²) >= 11 is 0. The van der Waals surface area contributed by atoms with Gasteiger partial charge in [-0.2, -0.15) is 5.10 Å². The van der Waals surface area contributed by atoms with E-state index in [9.17, 15) is 9.59 Å². The highest BCUT2D eigenvalue weighted by Gasteiger charge is 2.22. The van der Waals surface area contributed by atoms with Gasteiger partial charge in [-0.3, -0.25) is 15.7 Å². The zero-order valence-electron chi connectivity index (χ0n) is 24.8. The van der Waals surface area contributed by atoms with Crippen molar-refractivity contribution in [1.82, 2.24) is 20.0 Å². The monoisotopic (exact) mass is 574 g/mol. The summed E-state index contributed by atoms with van der Waals surface area (Å²) in [7, 11) is 4.24. The van der Waals surface area contributed by atoms with E-state index < -0.39 is 12.2 Å². The van der Waals surface area contributed by atoms with Gasteiger partial charge >= 0.3 is 12.2 Å². The van der Waals surface area contributed by atoms with Gasteiger partial charge < -0.3 is 19.3 Å². The topological polar surface area (TPSA) is 112 Å². The van der Waals surface area contributed by atoms with Crippen LogP contribution in [0.15, 0.2) is 36.4 Å². The maximum Gasteiger partial charge on any atom is 0.411 e. The maximum atomic E-state index is 12.5. The summed E-state index contributed by atoms with van der Waals surface area (Å²) in [6, 6.07) is 12.4. The molecule has 2 aromatic carbocycles. The minimum Gasteiger partial charge on any atom is -0.449 e. The van der Waals surface area contributed by atoms with Crippen LogP contribution in [0.2, 0.25) is 0 Å². The number of rotatable bonds is 10. The van der Waals surface area contributed by atoms with Crippen molar-refractivity contribution in [1.29, 1.82) is 0 Å². The number of H-pyrrole nitrogens is 1. The number of hydrogen-bond donors (Lipinski definition) is 3. The fraction of sp³-hybridized carbons (Fsp3) is 0.469. The van der Waals surface area contributed by atoms with Crippen molar-refractivity contribution < 1.29 is 19.1 Å². The number of fused-ring (bicyclic) bond motifs is 1. The number of aromatic amines is 1. The van der Waals surface area contributed by atoms with Crippen molar-refractivity contribution in [3.05, 3.63) is 53.2 Å². The molecule has 2 aliphatic heterocycles. The molecule has 2 saturated heterocycles. The predicted molar refractivity (Wildman–Crippen MR) is 167 cm³/mol. The van der Waals surface area contributed by atoms with Crippen molar-refractivity contribution in [3.8, 4) is 0 Å². The number of aryl methyl sites for hydroxylation is 1. The van der Waals surface area contributed by atoms with Gasteiger partial charge in [0.25, 0.3) is 0 Å². The SMILES string of the molecule is Cc1cc2[nH]nc(C=Cc3cccc(NC(=O)OCCC4CCCN4C)c3)c2cc1NC(=O)OCCC1CCCN1C. The van der Waals surface area contributed by atoms with E-state index in [0.29, 0.717) is 36.7 Å². The second-order valence-corrected chi connectivity index (χ2v) is 11.4. The first-order valence-corrected chi connectivity index (χ1v) is 14.9. The summed E-state index contributed by atoms with van der Waals surface area (Å²) < 4.78 is 10.9. The molecule has 10 nitrogen and oxygen atoms in total. The second kappa shape index (κ2) is 13.8. The Morgan fingerprint density at radius 3 is 2.26 bits per heavy atom. The van der Waals surface area contributed by atoms with Crippen molar-refractivity contribution >= 4 is 46.6 Å². The summed E-state index contributed by atoms with van der Waals surface area (Å²) in [6.07, 6.45) is 9.34. The lowest BCUT2D eigenvalue weighted by molar-refractivity contribution is 0.146. The molecule has 0 bridgehead atoms. The van der Waals surface area contributed by atoms with Gasteiger partial charge in [0.1, 0.15) is 0 Å². The van der Waals surface area contributed by atoms with Crippen LogP contribution in [0.1, 0.15) is 55.3 Å². The number of ether oxygens (including phenoxy) is 2. The molecular formula is C32H42N6O4. The molecule has 2 unspecified atom stereocenters. The standard InChI is InChI=1S/C32H42N6O4/c1-22-19-30-27(21-29(22)34-32(40)42-18-14-26-10-6-16-38(26)3)28(35-36-30)12-11-23-7-4-8-24(20-23)33-31(39)41-17-13-25-9-5-15-37(25)2/h4,7-8,11-12,19-21,25-26H,5-6,9-10,13-18H2,1-3H3,(H,33,39)(H,34,40)(H,35,36). The third kappa shape index (κ3) is 7.68. The van der Waals surface area contributed by atoms with Crippen molar-refractivity contribution in [2.45, 2.75) is 57.5 Å². The molecule has 0 aliphatic carbocycles. The second-order valence-electron chi connectivity index (χ2n) is 11.4. The Bertz CT molecular complexity index is 1420. The molecule has 3 N–H and O–H groups in total. The molecule has 3 heterocycles. The predicted octanol–water partition coefficient (Wildman–Crippen LogP) is 6.11. The Labute approximate surface area is 247 Å². The molecule has 0 spiro atoms. The fourth-order valence-corrected chi connectivity index (χ4v) is 5.91. The Morgan fingerprint density at radius 1 is 0.952 bits per heavy atom. The van der Waals surface area contributed by atoms with Gasteiger partial charge in [0.15, 0.2) is 0 Å². The van der Waals surface area contributed by atoms with E-state index in [1.807, 2.05) is 55.5 Å². The van der Waals surface area contributed by atoms with E-state index in [1.165, 1.54) is 12.8 Å². The van der Waals surface area contributed by atoms with Gasteiger partial charge in [-0.1, -0.05) is 18.2 Å². The summed E-state index contributed by atoms with van der Waals surface area (Å²) in [5.41, 5.74) is 4.77. The molecular weight excluding hydrogens is 532 g/mol. The largest absolute Gasteiger partial charge is 0.449 e. The van der Waals surface area contributed by atoms with Crippen LogP contribution >= 0.6 is 0 Å². The first-order chi connectivity index (χ1) is 20.4. The zero-order valence-corrected chi connectivity index (χ0v) is 24.8. The van der Waals surface area contributed by atoms with Crippen LogP contribution in [0.25, 0.3) is 23.1 Å². The summed E-state index contributed by atoms with van der Waals surface area (Å²) in [6.45, 7) is 4.95. The molecule has 42 heavy (non-hydrogen) atoms. The normalized spacial score (nSPS) is 19.5. The Kier molecular flexibility index (Phi) is 9.76. The lowest BCUT2D eigenvalue weighted by Gasteiger charge is -2.19. The van der Waals surface area contributed by atoms with Crippen LogP contribution in [-0.2, 0) is 9.47 Å². The van der Waals surface area contributed by atoms with Gasteiger partial charge in [0.05, 0.1) is 24.4 Å². The van der Waals surface area contributed by atoms with E-state index in [0.717, 1.165) is 66.5 Å². The number of benzene rings is 2. The number of likely N-dealkylation sites (tertiary alicyclic amines) is 2. The average Bonchev–Trinajstić information content (AvgIpc) is 3.68. The maximum absolute atomic E-state index is 12.5. The number of anilines is 2. The minimum absolute atomic E-state index is 0.394. The Morgan fingerprint density at radius 2 is 1.62 bits per heavy atom. The fourth-order valence-electron chi connectivity index (χ4n) is 5.91. The third-order valence-electron chi connectivity index (χ3n) is 8.45. The Balaban J connectivity index is 1.16. The summed E-state index contributed by atoms with van der Waals surface area (Å²) in [5.74, 6) is 0. The lowest BCUT2D eigenvalue weighted by atomic mass is 10.1. The number of aromatic nitrogens is 2. The highest BCUT2D eigenvalue weighted by Crippen LogP contribution is 2.26. The van der Waals surface area contributed by atoms with Crippen LogP contribution in [0, 0.1) is 6.92 Å². The molecule has 2 atom stereocenters. The number of hydrogen-bond acceptors (Lipinski definition) is 7. The average molecular weight is 575 g/mol.